The molecule has 0 saturated carbocycles. The first-order chi connectivity index (χ1) is 23.2. The van der Waals surface area contributed by atoms with Gasteiger partial charge >= 0.3 is 0 Å². The zero-order chi connectivity index (χ0) is 33.5. The Morgan fingerprint density at radius 3 is 2.77 bits per heavy atom. The van der Waals surface area contributed by atoms with E-state index in [-0.39, 0.29) is 24.0 Å². The number of H-pyrrole nitrogens is 1. The van der Waals surface area contributed by atoms with Gasteiger partial charge in [0.1, 0.15) is 5.69 Å². The summed E-state index contributed by atoms with van der Waals surface area (Å²) in [6, 6.07) is 12.1. The quantitative estimate of drug-likeness (QED) is 0.160. The number of carbonyl (C=O) groups is 1. The first-order valence-corrected chi connectivity index (χ1v) is 18.1. The number of hydrogen-bond donors (Lipinski definition) is 2. The molecule has 48 heavy (non-hydrogen) atoms. The molecule has 3 heterocycles. The van der Waals surface area contributed by atoms with E-state index < -0.39 is 21.0 Å². The van der Waals surface area contributed by atoms with Crippen LogP contribution >= 0.6 is 0 Å². The maximum Gasteiger partial charge on any atom is 0.158 e. The van der Waals surface area contributed by atoms with E-state index >= 15 is 0 Å². The summed E-state index contributed by atoms with van der Waals surface area (Å²) in [6.45, 7) is 4.06. The Kier molecular flexibility index (Phi) is 10.1. The summed E-state index contributed by atoms with van der Waals surface area (Å²) in [4.78, 5) is 18.2. The fourth-order valence-electron chi connectivity index (χ4n) is 6.07. The molecule has 6 rings (SSSR count). The second-order valence-corrected chi connectivity index (χ2v) is 14.9. The highest BCUT2D eigenvalue weighted by atomic mass is 32.2. The molecular weight excluding hydrogens is 617 g/mol. The lowest BCUT2D eigenvalue weighted by atomic mass is 9.92. The predicted octanol–water partition coefficient (Wildman–Crippen LogP) is 7.02. The number of rotatable bonds is 12. The standard InChI is InChI=1S/C40H40N4O3S/c1-28-14-19-35(20-15-28)48(46,47)23-22-34(24-30-9-4-3-5-10-30)39(45)13-7-11-31-25-33-17-16-32(18-21-37(33)41-26-31)36-27-42-44-40(36)38-12-6-8-29(2)43-38/h3-10,12-15,17-19,21,25-27,29,34-35,43H,11,20,22-24H2,1-2H3,(H,42,44)/b13-7+/t29?,34-,35?/m0/s1. The van der Waals surface area contributed by atoms with Gasteiger partial charge in [-0.2, -0.15) is 5.10 Å². The van der Waals surface area contributed by atoms with Gasteiger partial charge in [0.2, 0.25) is 0 Å². The third-order valence-electron chi connectivity index (χ3n) is 8.85. The van der Waals surface area contributed by atoms with Crippen molar-refractivity contribution in [2.24, 2.45) is 5.92 Å². The van der Waals surface area contributed by atoms with Crippen molar-refractivity contribution in [2.45, 2.75) is 50.8 Å². The zero-order valence-corrected chi connectivity index (χ0v) is 28.1. The highest BCUT2D eigenvalue weighted by molar-refractivity contribution is 7.92. The summed E-state index contributed by atoms with van der Waals surface area (Å²) in [5, 5.41) is 10.4. The summed E-state index contributed by atoms with van der Waals surface area (Å²) in [7, 11) is -3.38. The van der Waals surface area contributed by atoms with Crippen molar-refractivity contribution in [3.63, 3.8) is 0 Å². The number of dihydropyridines is 1. The number of fused-ring (bicyclic) bond motifs is 1. The van der Waals surface area contributed by atoms with Crippen molar-refractivity contribution < 1.29 is 13.2 Å². The third kappa shape index (κ3) is 8.08. The third-order valence-corrected chi connectivity index (χ3v) is 10.9. The van der Waals surface area contributed by atoms with Crippen molar-refractivity contribution in [1.82, 2.24) is 20.5 Å². The number of benzene rings is 1. The van der Waals surface area contributed by atoms with Crippen LogP contribution in [-0.4, -0.2) is 46.4 Å². The van der Waals surface area contributed by atoms with E-state index in [0.717, 1.165) is 50.5 Å². The summed E-state index contributed by atoms with van der Waals surface area (Å²) < 4.78 is 26.3. The minimum Gasteiger partial charge on any atom is -0.377 e. The van der Waals surface area contributed by atoms with Crippen LogP contribution < -0.4 is 5.32 Å². The van der Waals surface area contributed by atoms with Crippen molar-refractivity contribution in [3.8, 4) is 0 Å². The monoisotopic (exact) mass is 656 g/mol. The Hall–Kier alpha value is -5.04. The van der Waals surface area contributed by atoms with Crippen LogP contribution in [0.1, 0.15) is 60.3 Å². The molecule has 2 N–H and O–H groups in total. The number of hydrogen-bond acceptors (Lipinski definition) is 6. The van der Waals surface area contributed by atoms with Gasteiger partial charge in [0.25, 0.3) is 0 Å². The van der Waals surface area contributed by atoms with Crippen LogP contribution in [0, 0.1) is 5.92 Å². The molecule has 1 aliphatic heterocycles. The number of nitrogens with one attached hydrogen (secondary N) is 2. The summed E-state index contributed by atoms with van der Waals surface area (Å²) >= 11 is 0. The summed E-state index contributed by atoms with van der Waals surface area (Å²) in [5.74, 6) is -0.525. The molecule has 2 aromatic heterocycles. The SMILES string of the molecule is CC1=CCC(S(=O)(=O)CC[C@@H](Cc2ccccc2)C(=O)/C=C/Cc2cnc3c(c2)C=C=C(c2c[nH]nc2C2=CC=CC(C)N2)C=C3)C=C1. The number of nitrogens with zero attached hydrogens (tertiary/aromatic N) is 2. The van der Waals surface area contributed by atoms with Crippen LogP contribution in [0.2, 0.25) is 0 Å². The molecule has 3 aromatic rings. The summed E-state index contributed by atoms with van der Waals surface area (Å²) in [6.07, 6.45) is 26.6. The minimum absolute atomic E-state index is 0.0271. The molecule has 0 spiro atoms. The lowest BCUT2D eigenvalue weighted by Gasteiger charge is -2.19. The van der Waals surface area contributed by atoms with Crippen LogP contribution in [-0.2, 0) is 27.5 Å². The predicted molar refractivity (Wildman–Crippen MR) is 194 cm³/mol. The fourth-order valence-corrected chi connectivity index (χ4v) is 7.69. The van der Waals surface area contributed by atoms with Crippen LogP contribution in [0.4, 0.5) is 0 Å². The van der Waals surface area contributed by atoms with E-state index in [1.807, 2.05) is 98.3 Å². The fraction of sp³-hybridized carbons (Fsp3) is 0.250. The number of sulfone groups is 1. The Labute approximate surface area is 282 Å². The van der Waals surface area contributed by atoms with E-state index in [1.54, 1.807) is 12.2 Å². The highest BCUT2D eigenvalue weighted by Gasteiger charge is 2.27. The second kappa shape index (κ2) is 14.8. The Balaban J connectivity index is 1.14. The molecular formula is C40H40N4O3S. The number of aromatic amines is 1. The number of carbonyl (C=O) groups excluding carboxylic acids is 1. The number of pyridine rings is 1. The molecule has 0 fully saturated rings. The number of ketones is 1. The Morgan fingerprint density at radius 1 is 1.12 bits per heavy atom. The number of allylic oxidation sites excluding steroid dienone is 9. The average Bonchev–Trinajstić information content (AvgIpc) is 3.48. The first kappa shape index (κ1) is 32.9. The van der Waals surface area contributed by atoms with Crippen molar-refractivity contribution in [2.75, 3.05) is 5.75 Å². The van der Waals surface area contributed by atoms with Gasteiger partial charge in [-0.3, -0.25) is 14.9 Å². The Bertz CT molecular complexity index is 2040. The van der Waals surface area contributed by atoms with E-state index in [4.69, 9.17) is 0 Å². The molecule has 0 radical (unpaired) electrons. The Morgan fingerprint density at radius 2 is 1.98 bits per heavy atom. The van der Waals surface area contributed by atoms with Crippen LogP contribution in [0.25, 0.3) is 23.4 Å². The molecule has 7 nitrogen and oxygen atoms in total. The van der Waals surface area contributed by atoms with Gasteiger partial charge in [0, 0.05) is 41.1 Å². The average molecular weight is 657 g/mol. The molecule has 244 valence electrons. The molecule has 3 aliphatic rings. The first-order valence-electron chi connectivity index (χ1n) is 16.4. The number of aromatic nitrogens is 3. The molecule has 0 saturated heterocycles. The smallest absolute Gasteiger partial charge is 0.158 e. The normalized spacial score (nSPS) is 19.2. The molecule has 8 heteroatoms. The summed E-state index contributed by atoms with van der Waals surface area (Å²) in [5.41, 5.74) is 11.9. The molecule has 0 amide bonds. The highest BCUT2D eigenvalue weighted by Crippen LogP contribution is 2.28. The molecule has 2 aliphatic carbocycles. The van der Waals surface area contributed by atoms with Gasteiger partial charge in [0.15, 0.2) is 15.6 Å². The van der Waals surface area contributed by atoms with Gasteiger partial charge in [-0.15, -0.1) is 5.73 Å². The van der Waals surface area contributed by atoms with Crippen molar-refractivity contribution >= 4 is 39.0 Å². The van der Waals surface area contributed by atoms with Gasteiger partial charge in [-0.1, -0.05) is 72.4 Å². The maximum atomic E-state index is 13.5. The van der Waals surface area contributed by atoms with Gasteiger partial charge in [-0.25, -0.2) is 8.42 Å². The molecule has 1 aromatic carbocycles. The van der Waals surface area contributed by atoms with E-state index in [2.05, 4.69) is 45.3 Å². The van der Waals surface area contributed by atoms with Gasteiger partial charge < -0.3 is 5.32 Å². The van der Waals surface area contributed by atoms with E-state index in [9.17, 15) is 13.2 Å². The lowest BCUT2D eigenvalue weighted by Crippen LogP contribution is -2.26. The largest absolute Gasteiger partial charge is 0.377 e. The molecule has 0 bridgehead atoms. The lowest BCUT2D eigenvalue weighted by molar-refractivity contribution is -0.118. The molecule has 2 unspecified atom stereocenters. The maximum absolute atomic E-state index is 13.5. The van der Waals surface area contributed by atoms with E-state index in [1.165, 1.54) is 0 Å². The second-order valence-electron chi connectivity index (χ2n) is 12.5. The van der Waals surface area contributed by atoms with Crippen LogP contribution in [0.3, 0.4) is 0 Å². The van der Waals surface area contributed by atoms with Gasteiger partial charge in [-0.05, 0) is 87.1 Å². The van der Waals surface area contributed by atoms with Crippen molar-refractivity contribution in [3.05, 3.63) is 148 Å². The van der Waals surface area contributed by atoms with Gasteiger partial charge in [0.05, 0.1) is 22.4 Å². The van der Waals surface area contributed by atoms with E-state index in [0.29, 0.717) is 19.3 Å². The van der Waals surface area contributed by atoms with Crippen molar-refractivity contribution in [1.29, 1.82) is 0 Å². The van der Waals surface area contributed by atoms with Crippen LogP contribution in [0.15, 0.2) is 115 Å². The van der Waals surface area contributed by atoms with Crippen LogP contribution in [0.5, 0.6) is 0 Å². The minimum atomic E-state index is -3.38. The zero-order valence-electron chi connectivity index (χ0n) is 27.3. The topological polar surface area (TPSA) is 105 Å². The molecule has 3 atom stereocenters.